The molecule has 0 aliphatic carbocycles. The van der Waals surface area contributed by atoms with Gasteiger partial charge in [-0.25, -0.2) is 9.79 Å². The lowest BCUT2D eigenvalue weighted by Crippen LogP contribution is -2.51. The van der Waals surface area contributed by atoms with Crippen LogP contribution in [-0.4, -0.2) is 42.6 Å². The molecule has 7 nitrogen and oxygen atoms in total. The van der Waals surface area contributed by atoms with Crippen LogP contribution < -0.4 is 16.4 Å². The van der Waals surface area contributed by atoms with Crippen LogP contribution >= 0.6 is 15.9 Å². The molecule has 1 aliphatic rings. The zero-order valence-electron chi connectivity index (χ0n) is 15.7. The van der Waals surface area contributed by atoms with E-state index in [1.807, 2.05) is 24.3 Å². The number of nitrogens with zero attached hydrogens (tertiary/aromatic N) is 2. The predicted octanol–water partition coefficient (Wildman–Crippen LogP) is 2.86. The van der Waals surface area contributed by atoms with Gasteiger partial charge in [-0.1, -0.05) is 28.1 Å². The Labute approximate surface area is 173 Å². The number of rotatable bonds is 6. The maximum atomic E-state index is 11.3. The Morgan fingerprint density at radius 3 is 2.64 bits per heavy atom. The second kappa shape index (κ2) is 10.2. The van der Waals surface area contributed by atoms with Gasteiger partial charge in [0.25, 0.3) is 0 Å². The van der Waals surface area contributed by atoms with E-state index < -0.39 is 0 Å². The molecule has 1 fully saturated rings. The van der Waals surface area contributed by atoms with Gasteiger partial charge in [0.05, 0.1) is 12.8 Å². The maximum absolute atomic E-state index is 11.3. The van der Waals surface area contributed by atoms with Gasteiger partial charge in [0.15, 0.2) is 5.96 Å². The first-order chi connectivity index (χ1) is 13.6. The third-order valence-corrected chi connectivity index (χ3v) is 5.25. The Morgan fingerprint density at radius 1 is 1.25 bits per heavy atom. The summed E-state index contributed by atoms with van der Waals surface area (Å²) < 4.78 is 6.44. The van der Waals surface area contributed by atoms with Gasteiger partial charge in [0, 0.05) is 36.6 Å². The average Bonchev–Trinajstić information content (AvgIpc) is 3.21. The van der Waals surface area contributed by atoms with E-state index in [1.54, 1.807) is 11.2 Å². The molecule has 150 valence electrons. The fourth-order valence-corrected chi connectivity index (χ4v) is 3.37. The highest BCUT2D eigenvalue weighted by atomic mass is 79.9. The molecule has 0 radical (unpaired) electrons. The van der Waals surface area contributed by atoms with Crippen molar-refractivity contribution in [2.75, 3.05) is 19.6 Å². The highest BCUT2D eigenvalue weighted by Gasteiger charge is 2.21. The van der Waals surface area contributed by atoms with E-state index >= 15 is 0 Å². The van der Waals surface area contributed by atoms with E-state index in [-0.39, 0.29) is 12.1 Å². The lowest BCUT2D eigenvalue weighted by atomic mass is 10.1. The van der Waals surface area contributed by atoms with E-state index in [0.29, 0.717) is 19.6 Å². The molecule has 2 aromatic rings. The average molecular weight is 448 g/mol. The summed E-state index contributed by atoms with van der Waals surface area (Å²) in [5.41, 5.74) is 6.50. The van der Waals surface area contributed by atoms with Crippen LogP contribution in [0, 0.1) is 0 Å². The summed E-state index contributed by atoms with van der Waals surface area (Å²) >= 11 is 3.45. The first-order valence-corrected chi connectivity index (χ1v) is 10.3. The second-order valence-corrected chi connectivity index (χ2v) is 7.71. The van der Waals surface area contributed by atoms with Crippen LogP contribution in [0.25, 0.3) is 0 Å². The van der Waals surface area contributed by atoms with Crippen molar-refractivity contribution in [3.8, 4) is 0 Å². The van der Waals surface area contributed by atoms with E-state index in [1.165, 1.54) is 0 Å². The lowest BCUT2D eigenvalue weighted by Gasteiger charge is -2.32. The number of carbonyl (C=O) groups is 1. The quantitative estimate of drug-likeness (QED) is 0.468. The molecule has 0 spiro atoms. The van der Waals surface area contributed by atoms with Gasteiger partial charge in [0.2, 0.25) is 0 Å². The van der Waals surface area contributed by atoms with Crippen LogP contribution in [0.15, 0.2) is 56.5 Å². The van der Waals surface area contributed by atoms with Gasteiger partial charge in [0.1, 0.15) is 5.76 Å². The third kappa shape index (κ3) is 6.30. The number of hydrogen-bond acceptors (Lipinski definition) is 3. The van der Waals surface area contributed by atoms with Crippen LogP contribution in [0.4, 0.5) is 4.79 Å². The first-order valence-electron chi connectivity index (χ1n) is 9.46. The highest BCUT2D eigenvalue weighted by Crippen LogP contribution is 2.12. The summed E-state index contributed by atoms with van der Waals surface area (Å²) in [6.07, 6.45) is 4.16. The van der Waals surface area contributed by atoms with Crippen molar-refractivity contribution in [2.45, 2.75) is 31.8 Å². The Morgan fingerprint density at radius 2 is 2.00 bits per heavy atom. The zero-order chi connectivity index (χ0) is 19.8. The number of amides is 2. The summed E-state index contributed by atoms with van der Waals surface area (Å²) in [7, 11) is 0. The van der Waals surface area contributed by atoms with E-state index in [0.717, 1.165) is 47.6 Å². The first kappa shape index (κ1) is 20.3. The third-order valence-electron chi connectivity index (χ3n) is 4.72. The van der Waals surface area contributed by atoms with Crippen LogP contribution in [0.5, 0.6) is 0 Å². The number of guanidine groups is 1. The Kier molecular flexibility index (Phi) is 7.36. The summed E-state index contributed by atoms with van der Waals surface area (Å²) in [5, 5.41) is 6.88. The number of piperidine rings is 1. The number of nitrogens with one attached hydrogen (secondary N) is 2. The van der Waals surface area contributed by atoms with E-state index in [4.69, 9.17) is 15.1 Å². The Hall–Kier alpha value is -2.48. The van der Waals surface area contributed by atoms with Crippen LogP contribution in [0.1, 0.15) is 24.2 Å². The van der Waals surface area contributed by atoms with Crippen molar-refractivity contribution in [2.24, 2.45) is 10.7 Å². The van der Waals surface area contributed by atoms with Crippen molar-refractivity contribution in [1.29, 1.82) is 0 Å². The molecular formula is C20H26BrN5O2. The molecule has 3 rings (SSSR count). The minimum absolute atomic E-state index is 0.260. The number of aliphatic imine (C=N–C) groups is 1. The number of likely N-dealkylation sites (tertiary alicyclic amines) is 1. The summed E-state index contributed by atoms with van der Waals surface area (Å²) in [4.78, 5) is 17.7. The summed E-state index contributed by atoms with van der Waals surface area (Å²) in [6.45, 7) is 2.64. The van der Waals surface area contributed by atoms with Crippen molar-refractivity contribution >= 4 is 27.9 Å². The number of halogens is 1. The molecule has 0 atom stereocenters. The maximum Gasteiger partial charge on any atom is 0.314 e. The molecule has 0 bridgehead atoms. The van der Waals surface area contributed by atoms with Gasteiger partial charge in [-0.05, 0) is 42.7 Å². The normalized spacial score (nSPS) is 15.5. The molecule has 8 heteroatoms. The van der Waals surface area contributed by atoms with Gasteiger partial charge in [-0.3, -0.25) is 0 Å². The molecule has 0 saturated carbocycles. The number of hydrogen-bond donors (Lipinski definition) is 3. The lowest BCUT2D eigenvalue weighted by molar-refractivity contribution is 0.188. The molecule has 1 aromatic carbocycles. The molecule has 2 heterocycles. The SMILES string of the molecule is NC(=O)N1CCC(NC(=NCc2ccc(Br)cc2)NCCc2ccco2)CC1. The molecule has 1 aromatic heterocycles. The predicted molar refractivity (Wildman–Crippen MR) is 113 cm³/mol. The van der Waals surface area contributed by atoms with Crippen molar-refractivity contribution in [1.82, 2.24) is 15.5 Å². The molecule has 0 unspecified atom stereocenters. The van der Waals surface area contributed by atoms with Gasteiger partial charge >= 0.3 is 6.03 Å². The monoisotopic (exact) mass is 447 g/mol. The topological polar surface area (TPSA) is 95.9 Å². The second-order valence-electron chi connectivity index (χ2n) is 6.79. The fourth-order valence-electron chi connectivity index (χ4n) is 3.11. The van der Waals surface area contributed by atoms with Crippen molar-refractivity contribution < 1.29 is 9.21 Å². The van der Waals surface area contributed by atoms with E-state index in [2.05, 4.69) is 38.7 Å². The molecule has 2 amide bonds. The number of benzene rings is 1. The van der Waals surface area contributed by atoms with E-state index in [9.17, 15) is 4.79 Å². The van der Waals surface area contributed by atoms with Crippen molar-refractivity contribution in [3.63, 3.8) is 0 Å². The van der Waals surface area contributed by atoms with Gasteiger partial charge in [-0.2, -0.15) is 0 Å². The number of furan rings is 1. The molecule has 28 heavy (non-hydrogen) atoms. The Balaban J connectivity index is 1.57. The highest BCUT2D eigenvalue weighted by molar-refractivity contribution is 9.10. The number of nitrogens with two attached hydrogens (primary N) is 1. The molecule has 1 aliphatic heterocycles. The number of carbonyl (C=O) groups excluding carboxylic acids is 1. The smallest absolute Gasteiger partial charge is 0.314 e. The zero-order valence-corrected chi connectivity index (χ0v) is 17.3. The number of urea groups is 1. The summed E-state index contributed by atoms with van der Waals surface area (Å²) in [5.74, 6) is 1.71. The van der Waals surface area contributed by atoms with Crippen LogP contribution in [-0.2, 0) is 13.0 Å². The largest absolute Gasteiger partial charge is 0.469 e. The van der Waals surface area contributed by atoms with Crippen molar-refractivity contribution in [3.05, 3.63) is 58.5 Å². The van der Waals surface area contributed by atoms with Crippen LogP contribution in [0.3, 0.4) is 0 Å². The number of primary amides is 1. The van der Waals surface area contributed by atoms with Gasteiger partial charge in [-0.15, -0.1) is 0 Å². The molecule has 4 N–H and O–H groups in total. The standard InChI is InChI=1S/C20H26BrN5O2/c21-16-5-3-15(4-6-16)14-24-20(23-10-7-18-2-1-13-28-18)25-17-8-11-26(12-9-17)19(22)27/h1-6,13,17H,7-12,14H2,(H2,22,27)(H2,23,24,25). The minimum Gasteiger partial charge on any atom is -0.469 e. The molecule has 1 saturated heterocycles. The van der Waals surface area contributed by atoms with Crippen LogP contribution in [0.2, 0.25) is 0 Å². The van der Waals surface area contributed by atoms with Gasteiger partial charge < -0.3 is 25.7 Å². The minimum atomic E-state index is -0.348. The Bertz CT molecular complexity index is 768. The molecular weight excluding hydrogens is 422 g/mol. The summed E-state index contributed by atoms with van der Waals surface area (Å²) in [6, 6.07) is 11.9. The fraction of sp³-hybridized carbons (Fsp3) is 0.400.